The van der Waals surface area contributed by atoms with Crippen LogP contribution in [-0.2, 0) is 4.79 Å². The lowest BCUT2D eigenvalue weighted by molar-refractivity contribution is -0.137. The highest BCUT2D eigenvalue weighted by Crippen LogP contribution is 2.07. The fraction of sp³-hybridized carbons (Fsp3) is 0.889. The molecule has 0 heterocycles. The summed E-state index contributed by atoms with van der Waals surface area (Å²) in [5.41, 5.74) is 4.95. The van der Waals surface area contributed by atoms with Crippen LogP contribution in [0.25, 0.3) is 0 Å². The number of amides is 1. The van der Waals surface area contributed by atoms with Gasteiger partial charge in [-0.05, 0) is 34.6 Å². The Morgan fingerprint density at radius 1 is 1.50 bits per heavy atom. The molecule has 1 amide bonds. The molecule has 0 aromatic heterocycles. The maximum Gasteiger partial charge on any atom is 0.242 e. The van der Waals surface area contributed by atoms with E-state index in [1.807, 2.05) is 20.8 Å². The highest BCUT2D eigenvalue weighted by molar-refractivity contribution is 5.85. The third-order valence-electron chi connectivity index (χ3n) is 1.78. The minimum Gasteiger partial charge on any atom is -0.339 e. The van der Waals surface area contributed by atoms with E-state index in [1.54, 1.807) is 18.7 Å². The number of nitrogens with two attached hydrogens (primary N) is 1. The first-order chi connectivity index (χ1) is 5.30. The van der Waals surface area contributed by atoms with E-state index in [4.69, 9.17) is 5.73 Å². The molecule has 0 fully saturated rings. The second-order valence-electron chi connectivity index (χ2n) is 3.91. The van der Waals surface area contributed by atoms with Crippen molar-refractivity contribution in [2.75, 3.05) is 6.54 Å². The van der Waals surface area contributed by atoms with Gasteiger partial charge in [0.2, 0.25) is 5.91 Å². The molecule has 0 aromatic rings. The van der Waals surface area contributed by atoms with Crippen LogP contribution >= 0.6 is 0 Å². The maximum absolute atomic E-state index is 11.6. The molecule has 3 heteroatoms. The molecule has 0 radical (unpaired) electrons. The number of hydrogen-bond acceptors (Lipinski definition) is 2. The topological polar surface area (TPSA) is 46.3 Å². The zero-order valence-electron chi connectivity index (χ0n) is 8.72. The van der Waals surface area contributed by atoms with Gasteiger partial charge in [0.25, 0.3) is 0 Å². The zero-order chi connectivity index (χ0) is 9.94. The molecule has 0 saturated carbocycles. The summed E-state index contributed by atoms with van der Waals surface area (Å²) in [7, 11) is 0. The number of carbonyl (C=O) groups excluding carboxylic acids is 1. The van der Waals surface area contributed by atoms with E-state index < -0.39 is 5.54 Å². The molecule has 3 nitrogen and oxygen atoms in total. The lowest BCUT2D eigenvalue weighted by Gasteiger charge is -2.31. The van der Waals surface area contributed by atoms with Crippen LogP contribution in [0.5, 0.6) is 0 Å². The Morgan fingerprint density at radius 3 is 2.00 bits per heavy atom. The van der Waals surface area contributed by atoms with Crippen molar-refractivity contribution in [2.45, 2.75) is 46.2 Å². The quantitative estimate of drug-likeness (QED) is 0.689. The van der Waals surface area contributed by atoms with Crippen molar-refractivity contribution in [1.82, 2.24) is 4.90 Å². The summed E-state index contributed by atoms with van der Waals surface area (Å²) in [5, 5.41) is 0. The zero-order valence-corrected chi connectivity index (χ0v) is 8.72. The predicted molar refractivity (Wildman–Crippen MR) is 50.8 cm³/mol. The molecule has 0 aliphatic carbocycles. The van der Waals surface area contributed by atoms with Crippen molar-refractivity contribution >= 4 is 5.91 Å². The molecule has 72 valence electrons. The molecule has 2 N–H and O–H groups in total. The summed E-state index contributed by atoms with van der Waals surface area (Å²) < 4.78 is 0. The highest BCUT2D eigenvalue weighted by Gasteiger charge is 2.27. The molecule has 0 aromatic carbocycles. The lowest BCUT2D eigenvalue weighted by Crippen LogP contribution is -2.53. The van der Waals surface area contributed by atoms with Gasteiger partial charge in [-0.25, -0.2) is 0 Å². The van der Waals surface area contributed by atoms with E-state index in [9.17, 15) is 4.79 Å². The van der Waals surface area contributed by atoms with Gasteiger partial charge < -0.3 is 10.6 Å². The SMILES string of the molecule is CCN(C(=O)C(C)(C)N)C(C)C. The summed E-state index contributed by atoms with van der Waals surface area (Å²) in [6, 6.07) is 0.227. The Morgan fingerprint density at radius 2 is 1.92 bits per heavy atom. The molecule has 0 saturated heterocycles. The maximum atomic E-state index is 11.6. The average molecular weight is 172 g/mol. The van der Waals surface area contributed by atoms with Gasteiger partial charge in [-0.3, -0.25) is 4.79 Å². The molecule has 0 rings (SSSR count). The van der Waals surface area contributed by atoms with Crippen molar-refractivity contribution in [3.63, 3.8) is 0 Å². The highest BCUT2D eigenvalue weighted by atomic mass is 16.2. The summed E-state index contributed by atoms with van der Waals surface area (Å²) in [6.07, 6.45) is 0. The number of carbonyl (C=O) groups is 1. The van der Waals surface area contributed by atoms with Gasteiger partial charge in [-0.2, -0.15) is 0 Å². The van der Waals surface area contributed by atoms with Crippen LogP contribution < -0.4 is 5.73 Å². The lowest BCUT2D eigenvalue weighted by atomic mass is 10.0. The molecular formula is C9H20N2O. The first kappa shape index (κ1) is 11.4. The second-order valence-corrected chi connectivity index (χ2v) is 3.91. The summed E-state index contributed by atoms with van der Waals surface area (Å²) in [6.45, 7) is 10.1. The fourth-order valence-electron chi connectivity index (χ4n) is 1.11. The van der Waals surface area contributed by atoms with Crippen molar-refractivity contribution < 1.29 is 4.79 Å². The molecule has 0 unspecified atom stereocenters. The summed E-state index contributed by atoms with van der Waals surface area (Å²) >= 11 is 0. The Labute approximate surface area is 74.9 Å². The summed E-state index contributed by atoms with van der Waals surface area (Å²) in [5.74, 6) is 0.0139. The fourth-order valence-corrected chi connectivity index (χ4v) is 1.11. The van der Waals surface area contributed by atoms with Crippen molar-refractivity contribution in [2.24, 2.45) is 5.73 Å². The van der Waals surface area contributed by atoms with Crippen LogP contribution in [0, 0.1) is 0 Å². The molecular weight excluding hydrogens is 152 g/mol. The van der Waals surface area contributed by atoms with Gasteiger partial charge in [0.05, 0.1) is 5.54 Å². The predicted octanol–water partition coefficient (Wildman–Crippen LogP) is 0.981. The van der Waals surface area contributed by atoms with E-state index in [1.165, 1.54) is 0 Å². The van der Waals surface area contributed by atoms with Crippen molar-refractivity contribution in [3.8, 4) is 0 Å². The first-order valence-electron chi connectivity index (χ1n) is 4.40. The van der Waals surface area contributed by atoms with Crippen LogP contribution in [0.15, 0.2) is 0 Å². The van der Waals surface area contributed by atoms with E-state index in [2.05, 4.69) is 0 Å². The minimum absolute atomic E-state index is 0.0139. The minimum atomic E-state index is -0.750. The Kier molecular flexibility index (Phi) is 3.71. The number of hydrogen-bond donors (Lipinski definition) is 1. The normalized spacial score (nSPS) is 11.9. The van der Waals surface area contributed by atoms with Crippen LogP contribution in [-0.4, -0.2) is 28.9 Å². The largest absolute Gasteiger partial charge is 0.339 e. The first-order valence-corrected chi connectivity index (χ1v) is 4.40. The van der Waals surface area contributed by atoms with Crippen molar-refractivity contribution in [1.29, 1.82) is 0 Å². The van der Waals surface area contributed by atoms with Gasteiger partial charge >= 0.3 is 0 Å². The molecule has 12 heavy (non-hydrogen) atoms. The Bertz CT molecular complexity index is 158. The van der Waals surface area contributed by atoms with Gasteiger partial charge in [-0.1, -0.05) is 0 Å². The molecule has 0 aliphatic heterocycles. The average Bonchev–Trinajstić information content (AvgIpc) is 1.86. The monoisotopic (exact) mass is 172 g/mol. The Hall–Kier alpha value is -0.570. The smallest absolute Gasteiger partial charge is 0.242 e. The third kappa shape index (κ3) is 2.81. The van der Waals surface area contributed by atoms with E-state index in [0.717, 1.165) is 6.54 Å². The van der Waals surface area contributed by atoms with E-state index in [-0.39, 0.29) is 11.9 Å². The molecule has 0 bridgehead atoms. The van der Waals surface area contributed by atoms with Crippen LogP contribution in [0.2, 0.25) is 0 Å². The van der Waals surface area contributed by atoms with Crippen LogP contribution in [0.1, 0.15) is 34.6 Å². The molecule has 0 aliphatic rings. The number of likely N-dealkylation sites (N-methyl/N-ethyl adjacent to an activating group) is 1. The van der Waals surface area contributed by atoms with Gasteiger partial charge in [-0.15, -0.1) is 0 Å². The standard InChI is InChI=1S/C9H20N2O/c1-6-11(7(2)3)8(12)9(4,5)10/h7H,6,10H2,1-5H3. The van der Waals surface area contributed by atoms with Crippen molar-refractivity contribution in [3.05, 3.63) is 0 Å². The second kappa shape index (κ2) is 3.90. The number of nitrogens with zero attached hydrogens (tertiary/aromatic N) is 1. The van der Waals surface area contributed by atoms with Gasteiger partial charge in [0, 0.05) is 12.6 Å². The van der Waals surface area contributed by atoms with E-state index >= 15 is 0 Å². The molecule has 0 spiro atoms. The van der Waals surface area contributed by atoms with Crippen LogP contribution in [0.3, 0.4) is 0 Å². The van der Waals surface area contributed by atoms with Gasteiger partial charge in [0.1, 0.15) is 0 Å². The summed E-state index contributed by atoms with van der Waals surface area (Å²) in [4.78, 5) is 13.4. The number of rotatable bonds is 3. The Balaban J connectivity index is 4.44. The van der Waals surface area contributed by atoms with E-state index in [0.29, 0.717) is 0 Å². The van der Waals surface area contributed by atoms with Gasteiger partial charge in [0.15, 0.2) is 0 Å². The van der Waals surface area contributed by atoms with Crippen LogP contribution in [0.4, 0.5) is 0 Å². The third-order valence-corrected chi connectivity index (χ3v) is 1.78. The molecule has 0 atom stereocenters.